The zero-order valence-corrected chi connectivity index (χ0v) is 45.9. The van der Waals surface area contributed by atoms with Crippen LogP contribution in [-0.2, 0) is 53.9 Å². The molecule has 0 amide bonds. The topological polar surface area (TPSA) is 129 Å². The Hall–Kier alpha value is -4.78. The average molecular weight is 1070 g/mol. The fourth-order valence-electron chi connectivity index (χ4n) is 12.1. The van der Waals surface area contributed by atoms with Crippen LogP contribution in [0, 0.1) is 11.8 Å². The zero-order valence-electron chi connectivity index (χ0n) is 44.3. The Kier molecular flexibility index (Phi) is 17.5. The van der Waals surface area contributed by atoms with Crippen molar-refractivity contribution in [3.8, 4) is 17.2 Å². The minimum Gasteiger partial charge on any atom is -0.497 e. The van der Waals surface area contributed by atoms with Gasteiger partial charge < -0.3 is 38.1 Å². The molecule has 0 bridgehead atoms. The molecule has 7 atom stereocenters. The van der Waals surface area contributed by atoms with Gasteiger partial charge in [-0.05, 0) is 128 Å². The van der Waals surface area contributed by atoms with Gasteiger partial charge in [0.15, 0.2) is 5.60 Å². The fraction of sp³-hybridized carbons (Fsp3) is 0.534. The van der Waals surface area contributed by atoms with Crippen LogP contribution < -0.4 is 19.1 Å². The first-order valence-corrected chi connectivity index (χ1v) is 28.3. The highest BCUT2D eigenvalue weighted by atomic mass is 35.5. The van der Waals surface area contributed by atoms with Gasteiger partial charge >= 0.3 is 5.97 Å². The third-order valence-electron chi connectivity index (χ3n) is 16.7. The van der Waals surface area contributed by atoms with Crippen molar-refractivity contribution in [2.24, 2.45) is 11.8 Å². The lowest BCUT2D eigenvalue weighted by Crippen LogP contribution is -2.63. The molecule has 0 N–H and O–H groups in total. The van der Waals surface area contributed by atoms with Gasteiger partial charge in [-0.25, -0.2) is 17.6 Å². The van der Waals surface area contributed by atoms with Gasteiger partial charge in [0, 0.05) is 95.0 Å². The first kappa shape index (κ1) is 55.0. The number of carbonyl (C=O) groups excluding carboxylic acids is 1. The van der Waals surface area contributed by atoms with Gasteiger partial charge in [0.25, 0.3) is 0 Å². The molecule has 3 saturated heterocycles. The number of anilines is 1. The molecule has 406 valence electrons. The van der Waals surface area contributed by atoms with Crippen molar-refractivity contribution in [2.45, 2.75) is 87.5 Å². The molecule has 3 fully saturated rings. The molecular formula is C58H74ClFN4O10S. The molecule has 14 nitrogen and oxygen atoms in total. The summed E-state index contributed by atoms with van der Waals surface area (Å²) in [6.07, 6.45) is 4.29. The minimum absolute atomic E-state index is 0.122. The standard InChI is InChI=1S/C58H74ClFN4O10S/c1-40(41(2)75(66,67)64(32-42-10-16-49(68-3)17-11-42)33-43-12-18-50(69-4)19-13-43)9-22-54(60)58(71-6,38-61-25-26-62-27-29-72-36-48(62)35-61)55-46(23-28-73-55)34-63-37-57(24-7-8-44-30-47(59)15-20-51(44)57)39-74-53-21-14-45(31-52(53)63)56(65)70-5/h10-22,30-31,40-41,46,48,55H,7-9,23-29,32-39H2,1-6H3/b54-22-/t40-,41+,46-,48-,55+,57-,58?/m0/s1. The summed E-state index contributed by atoms with van der Waals surface area (Å²) in [5, 5.41) is -0.197. The van der Waals surface area contributed by atoms with Gasteiger partial charge in [-0.1, -0.05) is 48.9 Å². The first-order chi connectivity index (χ1) is 36.2. The Balaban J connectivity index is 1.03. The molecule has 4 aliphatic heterocycles. The Bertz CT molecular complexity index is 2700. The molecule has 4 heterocycles. The van der Waals surface area contributed by atoms with Crippen LogP contribution in [0.3, 0.4) is 0 Å². The predicted octanol–water partition coefficient (Wildman–Crippen LogP) is 8.72. The average Bonchev–Trinajstić information content (AvgIpc) is 3.85. The van der Waals surface area contributed by atoms with Crippen LogP contribution in [0.2, 0.25) is 5.02 Å². The second-order valence-corrected chi connectivity index (χ2v) is 23.9. The number of esters is 1. The number of hydrogen-bond acceptors (Lipinski definition) is 13. The highest BCUT2D eigenvalue weighted by Crippen LogP contribution is 2.47. The Morgan fingerprint density at radius 3 is 2.33 bits per heavy atom. The number of hydrogen-bond donors (Lipinski definition) is 0. The summed E-state index contributed by atoms with van der Waals surface area (Å²) in [6, 6.07) is 26.5. The number of carbonyl (C=O) groups is 1. The van der Waals surface area contributed by atoms with E-state index in [1.807, 2.05) is 73.7 Å². The van der Waals surface area contributed by atoms with Crippen molar-refractivity contribution in [2.75, 3.05) is 106 Å². The molecule has 9 rings (SSSR count). The molecule has 4 aromatic rings. The second kappa shape index (κ2) is 23.9. The van der Waals surface area contributed by atoms with Gasteiger partial charge in [0.05, 0.1) is 63.8 Å². The number of ether oxygens (including phenoxy) is 7. The summed E-state index contributed by atoms with van der Waals surface area (Å²) in [4.78, 5) is 20.1. The Labute approximate surface area is 448 Å². The van der Waals surface area contributed by atoms with E-state index in [0.29, 0.717) is 86.9 Å². The van der Waals surface area contributed by atoms with Crippen LogP contribution in [0.4, 0.5) is 10.1 Å². The molecule has 1 unspecified atom stereocenters. The maximum atomic E-state index is 18.3. The monoisotopic (exact) mass is 1070 g/mol. The summed E-state index contributed by atoms with van der Waals surface area (Å²) >= 11 is 6.58. The SMILES string of the molecule is COC(=O)c1ccc2c(c1)N(C[C@@H]1CCO[C@H]1C(CN1CCN3CCOC[C@@H]3C1)(OC)/C(F)=C/C[C@H](C)[C@@H](C)S(=O)(=O)N(Cc1ccc(OC)cc1)Cc1ccc(OC)cc1)C[C@@]1(CCCc3cc(Cl)ccc31)CO2. The van der Waals surface area contributed by atoms with E-state index >= 15 is 4.39 Å². The van der Waals surface area contributed by atoms with E-state index in [9.17, 15) is 13.2 Å². The predicted molar refractivity (Wildman–Crippen MR) is 288 cm³/mol. The normalized spacial score (nSPS) is 24.0. The maximum absolute atomic E-state index is 18.3. The Morgan fingerprint density at radius 1 is 0.933 bits per heavy atom. The van der Waals surface area contributed by atoms with Crippen molar-refractivity contribution >= 4 is 33.3 Å². The number of nitrogens with zero attached hydrogens (tertiary/aromatic N) is 4. The Morgan fingerprint density at radius 2 is 1.65 bits per heavy atom. The molecule has 5 aliphatic rings. The number of rotatable bonds is 19. The third kappa shape index (κ3) is 11.9. The largest absolute Gasteiger partial charge is 0.497 e. The molecule has 75 heavy (non-hydrogen) atoms. The van der Waals surface area contributed by atoms with Crippen molar-refractivity contribution in [1.82, 2.24) is 14.1 Å². The van der Waals surface area contributed by atoms with E-state index in [0.717, 1.165) is 49.2 Å². The smallest absolute Gasteiger partial charge is 0.337 e. The lowest BCUT2D eigenvalue weighted by molar-refractivity contribution is -0.132. The number of halogens is 2. The molecule has 0 saturated carbocycles. The zero-order chi connectivity index (χ0) is 52.9. The summed E-state index contributed by atoms with van der Waals surface area (Å²) in [6.45, 7) is 10.2. The van der Waals surface area contributed by atoms with Crippen molar-refractivity contribution < 1.29 is 50.8 Å². The summed E-state index contributed by atoms with van der Waals surface area (Å²) in [5.74, 6) is 0.300. The third-order valence-corrected chi connectivity index (χ3v) is 19.3. The van der Waals surface area contributed by atoms with Gasteiger partial charge in [-0.3, -0.25) is 9.80 Å². The van der Waals surface area contributed by atoms with Crippen molar-refractivity contribution in [3.05, 3.63) is 130 Å². The number of fused-ring (bicyclic) bond motifs is 4. The number of allylic oxidation sites excluding steroid dienone is 1. The number of aryl methyl sites for hydroxylation is 1. The summed E-state index contributed by atoms with van der Waals surface area (Å²) < 4.78 is 91.6. The number of methoxy groups -OCH3 is 4. The van der Waals surface area contributed by atoms with Crippen molar-refractivity contribution in [1.29, 1.82) is 0 Å². The van der Waals surface area contributed by atoms with E-state index in [2.05, 4.69) is 26.8 Å². The highest BCUT2D eigenvalue weighted by Gasteiger charge is 2.53. The summed E-state index contributed by atoms with van der Waals surface area (Å²) in [5.41, 5.74) is 3.19. The minimum atomic E-state index is -3.98. The van der Waals surface area contributed by atoms with Gasteiger partial charge in [0.1, 0.15) is 23.1 Å². The fourth-order valence-corrected chi connectivity index (χ4v) is 14.2. The quantitative estimate of drug-likeness (QED) is 0.0832. The summed E-state index contributed by atoms with van der Waals surface area (Å²) in [7, 11) is 2.15. The lowest BCUT2D eigenvalue weighted by atomic mass is 9.70. The lowest BCUT2D eigenvalue weighted by Gasteiger charge is -2.48. The molecule has 17 heteroatoms. The first-order valence-electron chi connectivity index (χ1n) is 26.4. The second-order valence-electron chi connectivity index (χ2n) is 21.2. The van der Waals surface area contributed by atoms with Crippen LogP contribution in [0.1, 0.15) is 72.1 Å². The molecule has 1 aliphatic carbocycles. The van der Waals surface area contributed by atoms with Crippen LogP contribution in [-0.4, -0.2) is 152 Å². The van der Waals surface area contributed by atoms with Gasteiger partial charge in [0.2, 0.25) is 10.0 Å². The maximum Gasteiger partial charge on any atom is 0.337 e. The van der Waals surface area contributed by atoms with Crippen LogP contribution >= 0.6 is 11.6 Å². The van der Waals surface area contributed by atoms with Crippen LogP contribution in [0.25, 0.3) is 0 Å². The number of morpholine rings is 1. The van der Waals surface area contributed by atoms with Crippen LogP contribution in [0.15, 0.2) is 96.8 Å². The van der Waals surface area contributed by atoms with E-state index in [1.54, 1.807) is 40.4 Å². The van der Waals surface area contributed by atoms with Gasteiger partial charge in [-0.15, -0.1) is 0 Å². The molecular weight excluding hydrogens is 999 g/mol. The number of sulfonamides is 1. The number of piperazine rings is 1. The highest BCUT2D eigenvalue weighted by molar-refractivity contribution is 7.89. The number of benzene rings is 4. The van der Waals surface area contributed by atoms with Crippen LogP contribution in [0.5, 0.6) is 17.2 Å². The van der Waals surface area contributed by atoms with E-state index < -0.39 is 50.1 Å². The van der Waals surface area contributed by atoms with Crippen molar-refractivity contribution in [3.63, 3.8) is 0 Å². The molecule has 0 radical (unpaired) electrons. The molecule has 1 spiro atoms. The van der Waals surface area contributed by atoms with E-state index in [4.69, 9.17) is 44.8 Å². The van der Waals surface area contributed by atoms with E-state index in [1.165, 1.54) is 22.5 Å². The molecule has 4 aromatic carbocycles. The molecule has 0 aromatic heterocycles. The van der Waals surface area contributed by atoms with Gasteiger partial charge in [-0.2, -0.15) is 4.31 Å². The van der Waals surface area contributed by atoms with E-state index in [-0.39, 0.29) is 38.0 Å².